The summed E-state index contributed by atoms with van der Waals surface area (Å²) in [5.41, 5.74) is 2.39. The summed E-state index contributed by atoms with van der Waals surface area (Å²) in [6, 6.07) is 10.6. The molecule has 0 aliphatic heterocycles. The van der Waals surface area contributed by atoms with Crippen molar-refractivity contribution in [3.8, 4) is 17.2 Å². The number of carbonyl (C=O) groups is 1. The number of methoxy groups -OCH3 is 2. The van der Waals surface area contributed by atoms with Crippen molar-refractivity contribution in [1.29, 1.82) is 0 Å². The standard InChI is InChI=1S/C19H20O5/c1-23-17-9-5-14(12-18(17)24-2)3-7-15-11-13(4-8-16(15)20)6-10-19(21)22/h3-5,7-9,11-12,20H,6,10H2,1-2H3,(H,21,22). The van der Waals surface area contributed by atoms with Gasteiger partial charge in [-0.3, -0.25) is 4.79 Å². The van der Waals surface area contributed by atoms with Crippen LogP contribution in [-0.4, -0.2) is 30.4 Å². The SMILES string of the molecule is COc1ccc(C=Cc2cc(CCC(=O)O)ccc2O)cc1OC. The Bertz CT molecular complexity index is 749. The van der Waals surface area contributed by atoms with Gasteiger partial charge in [0, 0.05) is 12.0 Å². The number of rotatable bonds is 7. The molecule has 5 heteroatoms. The van der Waals surface area contributed by atoms with E-state index in [1.54, 1.807) is 38.5 Å². The number of hydrogen-bond acceptors (Lipinski definition) is 4. The lowest BCUT2D eigenvalue weighted by Crippen LogP contribution is -1.97. The molecular formula is C19H20O5. The molecule has 0 unspecified atom stereocenters. The van der Waals surface area contributed by atoms with Crippen LogP contribution < -0.4 is 9.47 Å². The number of carboxylic acid groups (broad SMARTS) is 1. The van der Waals surface area contributed by atoms with Gasteiger partial charge in [0.05, 0.1) is 14.2 Å². The minimum Gasteiger partial charge on any atom is -0.507 e. The maximum absolute atomic E-state index is 10.7. The number of aliphatic carboxylic acids is 1. The highest BCUT2D eigenvalue weighted by atomic mass is 16.5. The smallest absolute Gasteiger partial charge is 0.303 e. The van der Waals surface area contributed by atoms with Crippen molar-refractivity contribution in [3.63, 3.8) is 0 Å². The Kier molecular flexibility index (Phi) is 5.84. The van der Waals surface area contributed by atoms with Crippen molar-refractivity contribution in [2.24, 2.45) is 0 Å². The number of ether oxygens (including phenoxy) is 2. The van der Waals surface area contributed by atoms with E-state index in [1.807, 2.05) is 24.3 Å². The summed E-state index contributed by atoms with van der Waals surface area (Å²) in [5.74, 6) is 0.573. The van der Waals surface area contributed by atoms with Crippen LogP contribution in [0.3, 0.4) is 0 Å². The van der Waals surface area contributed by atoms with Crippen LogP contribution in [0, 0.1) is 0 Å². The first-order valence-corrected chi connectivity index (χ1v) is 7.47. The molecule has 0 aliphatic carbocycles. The van der Waals surface area contributed by atoms with Gasteiger partial charge < -0.3 is 19.7 Å². The summed E-state index contributed by atoms with van der Waals surface area (Å²) in [6.07, 6.45) is 4.11. The van der Waals surface area contributed by atoms with Gasteiger partial charge in [-0.2, -0.15) is 0 Å². The third-order valence-corrected chi connectivity index (χ3v) is 3.58. The van der Waals surface area contributed by atoms with E-state index in [-0.39, 0.29) is 12.2 Å². The van der Waals surface area contributed by atoms with Crippen LogP contribution >= 0.6 is 0 Å². The summed E-state index contributed by atoms with van der Waals surface area (Å²) in [7, 11) is 3.15. The van der Waals surface area contributed by atoms with Crippen LogP contribution in [0.5, 0.6) is 17.2 Å². The second-order valence-corrected chi connectivity index (χ2v) is 5.23. The molecule has 2 aromatic carbocycles. The quantitative estimate of drug-likeness (QED) is 0.760. The van der Waals surface area contributed by atoms with Crippen molar-refractivity contribution in [2.45, 2.75) is 12.8 Å². The van der Waals surface area contributed by atoms with Crippen molar-refractivity contribution >= 4 is 18.1 Å². The number of aromatic hydroxyl groups is 1. The Morgan fingerprint density at radius 3 is 2.46 bits per heavy atom. The molecule has 0 saturated carbocycles. The average molecular weight is 328 g/mol. The Labute approximate surface area is 140 Å². The molecule has 0 aromatic heterocycles. The Balaban J connectivity index is 2.21. The third kappa shape index (κ3) is 4.52. The van der Waals surface area contributed by atoms with Gasteiger partial charge in [-0.05, 0) is 41.8 Å². The second kappa shape index (κ2) is 8.06. The summed E-state index contributed by atoms with van der Waals surface area (Å²) >= 11 is 0. The van der Waals surface area contributed by atoms with Gasteiger partial charge in [-0.15, -0.1) is 0 Å². The summed E-state index contributed by atoms with van der Waals surface area (Å²) in [6.45, 7) is 0. The zero-order valence-corrected chi connectivity index (χ0v) is 13.7. The number of aryl methyl sites for hydroxylation is 1. The van der Waals surface area contributed by atoms with Crippen molar-refractivity contribution in [2.75, 3.05) is 14.2 Å². The van der Waals surface area contributed by atoms with Crippen LogP contribution in [0.1, 0.15) is 23.1 Å². The highest BCUT2D eigenvalue weighted by Gasteiger charge is 2.05. The number of carboxylic acids is 1. The predicted octanol–water partition coefficient (Wildman–Crippen LogP) is 3.60. The fourth-order valence-corrected chi connectivity index (χ4v) is 2.29. The zero-order valence-electron chi connectivity index (χ0n) is 13.7. The van der Waals surface area contributed by atoms with E-state index < -0.39 is 5.97 Å². The Morgan fingerprint density at radius 1 is 1.04 bits per heavy atom. The lowest BCUT2D eigenvalue weighted by atomic mass is 10.0. The number of phenolic OH excluding ortho intramolecular Hbond substituents is 1. The van der Waals surface area contributed by atoms with E-state index in [1.165, 1.54) is 0 Å². The number of phenols is 1. The van der Waals surface area contributed by atoms with Gasteiger partial charge in [0.25, 0.3) is 0 Å². The topological polar surface area (TPSA) is 76.0 Å². The molecule has 0 amide bonds. The second-order valence-electron chi connectivity index (χ2n) is 5.23. The molecular weight excluding hydrogens is 308 g/mol. The van der Waals surface area contributed by atoms with E-state index in [4.69, 9.17) is 14.6 Å². The first-order valence-electron chi connectivity index (χ1n) is 7.47. The normalized spacial score (nSPS) is 10.8. The molecule has 0 atom stereocenters. The molecule has 2 N–H and O–H groups in total. The fourth-order valence-electron chi connectivity index (χ4n) is 2.29. The lowest BCUT2D eigenvalue weighted by Gasteiger charge is -2.08. The monoisotopic (exact) mass is 328 g/mol. The predicted molar refractivity (Wildman–Crippen MR) is 92.5 cm³/mol. The molecule has 0 saturated heterocycles. The molecule has 5 nitrogen and oxygen atoms in total. The summed E-state index contributed by atoms with van der Waals surface area (Å²) in [5, 5.41) is 18.7. The maximum atomic E-state index is 10.7. The highest BCUT2D eigenvalue weighted by Crippen LogP contribution is 2.29. The van der Waals surface area contributed by atoms with E-state index in [2.05, 4.69) is 0 Å². The number of benzene rings is 2. The van der Waals surface area contributed by atoms with Gasteiger partial charge in [0.1, 0.15) is 5.75 Å². The first-order chi connectivity index (χ1) is 11.5. The van der Waals surface area contributed by atoms with Crippen molar-refractivity contribution < 1.29 is 24.5 Å². The Morgan fingerprint density at radius 2 is 1.79 bits per heavy atom. The molecule has 0 aliphatic rings. The van der Waals surface area contributed by atoms with Crippen LogP contribution in [0.2, 0.25) is 0 Å². The molecule has 0 heterocycles. The third-order valence-electron chi connectivity index (χ3n) is 3.58. The van der Waals surface area contributed by atoms with E-state index in [0.717, 1.165) is 11.1 Å². The van der Waals surface area contributed by atoms with Crippen LogP contribution in [-0.2, 0) is 11.2 Å². The summed E-state index contributed by atoms with van der Waals surface area (Å²) < 4.78 is 10.5. The Hall–Kier alpha value is -2.95. The summed E-state index contributed by atoms with van der Waals surface area (Å²) in [4.78, 5) is 10.7. The largest absolute Gasteiger partial charge is 0.507 e. The fraction of sp³-hybridized carbons (Fsp3) is 0.211. The minimum absolute atomic E-state index is 0.0591. The molecule has 0 radical (unpaired) electrons. The molecule has 126 valence electrons. The van der Waals surface area contributed by atoms with Crippen molar-refractivity contribution in [1.82, 2.24) is 0 Å². The molecule has 0 bridgehead atoms. The zero-order chi connectivity index (χ0) is 17.5. The molecule has 0 fully saturated rings. The molecule has 2 aromatic rings. The van der Waals surface area contributed by atoms with E-state index in [9.17, 15) is 9.90 Å². The van der Waals surface area contributed by atoms with Gasteiger partial charge in [-0.25, -0.2) is 0 Å². The molecule has 0 spiro atoms. The molecule has 24 heavy (non-hydrogen) atoms. The molecule has 2 rings (SSSR count). The van der Waals surface area contributed by atoms with Gasteiger partial charge >= 0.3 is 5.97 Å². The van der Waals surface area contributed by atoms with E-state index >= 15 is 0 Å². The lowest BCUT2D eigenvalue weighted by molar-refractivity contribution is -0.136. The van der Waals surface area contributed by atoms with Gasteiger partial charge in [-0.1, -0.05) is 24.3 Å². The van der Waals surface area contributed by atoms with Crippen LogP contribution in [0.4, 0.5) is 0 Å². The van der Waals surface area contributed by atoms with Crippen LogP contribution in [0.15, 0.2) is 36.4 Å². The average Bonchev–Trinajstić information content (AvgIpc) is 2.59. The minimum atomic E-state index is -0.842. The van der Waals surface area contributed by atoms with Gasteiger partial charge in [0.15, 0.2) is 11.5 Å². The maximum Gasteiger partial charge on any atom is 0.303 e. The van der Waals surface area contributed by atoms with Crippen LogP contribution in [0.25, 0.3) is 12.2 Å². The van der Waals surface area contributed by atoms with E-state index in [0.29, 0.717) is 23.5 Å². The van der Waals surface area contributed by atoms with Crippen molar-refractivity contribution in [3.05, 3.63) is 53.1 Å². The first kappa shape index (κ1) is 17.4. The highest BCUT2D eigenvalue weighted by molar-refractivity contribution is 5.74. The van der Waals surface area contributed by atoms with Gasteiger partial charge in [0.2, 0.25) is 0 Å². The number of hydrogen-bond donors (Lipinski definition) is 2.